The molecule has 0 amide bonds. The summed E-state index contributed by atoms with van der Waals surface area (Å²) in [6.45, 7) is 5.19. The second-order valence-corrected chi connectivity index (χ2v) is 9.50. The predicted molar refractivity (Wildman–Crippen MR) is 137 cm³/mol. The molecule has 5 nitrogen and oxygen atoms in total. The molecule has 3 heterocycles. The molecule has 4 aromatic rings. The molecular formula is C29H27F2N3O2. The lowest BCUT2D eigenvalue weighted by atomic mass is 9.92. The van der Waals surface area contributed by atoms with E-state index < -0.39 is 5.82 Å². The van der Waals surface area contributed by atoms with Gasteiger partial charge in [-0.1, -0.05) is 25.1 Å². The van der Waals surface area contributed by atoms with Crippen molar-refractivity contribution in [3.8, 4) is 5.75 Å². The quantitative estimate of drug-likeness (QED) is 0.401. The third kappa shape index (κ3) is 3.93. The SMILES string of the molecule is CCN1CCC(n2c(=O)[nH]c3cc(C=C4c5ccc(F)cc5OCc5c(F)cccc54)ccc32)CC1. The van der Waals surface area contributed by atoms with E-state index in [0.717, 1.165) is 54.6 Å². The van der Waals surface area contributed by atoms with Crippen molar-refractivity contribution in [3.05, 3.63) is 99.0 Å². The van der Waals surface area contributed by atoms with Crippen molar-refractivity contribution in [2.45, 2.75) is 32.4 Å². The number of H-pyrrole nitrogens is 1. The van der Waals surface area contributed by atoms with Crippen LogP contribution in [0.1, 0.15) is 48.1 Å². The van der Waals surface area contributed by atoms with Crippen molar-refractivity contribution in [2.24, 2.45) is 0 Å². The summed E-state index contributed by atoms with van der Waals surface area (Å²) in [5.41, 5.74) is 4.96. The van der Waals surface area contributed by atoms with Crippen LogP contribution in [0.2, 0.25) is 0 Å². The van der Waals surface area contributed by atoms with Crippen molar-refractivity contribution in [3.63, 3.8) is 0 Å². The van der Waals surface area contributed by atoms with E-state index >= 15 is 0 Å². The lowest BCUT2D eigenvalue weighted by Gasteiger charge is -2.31. The molecule has 0 atom stereocenters. The first-order valence-corrected chi connectivity index (χ1v) is 12.4. The highest BCUT2D eigenvalue weighted by atomic mass is 19.1. The maximum atomic E-state index is 14.7. The number of fused-ring (bicyclic) bond motifs is 3. The summed E-state index contributed by atoms with van der Waals surface area (Å²) in [5.74, 6) is -0.404. The van der Waals surface area contributed by atoms with E-state index in [4.69, 9.17) is 4.74 Å². The molecule has 0 unspecified atom stereocenters. The second kappa shape index (κ2) is 9.06. The van der Waals surface area contributed by atoms with Gasteiger partial charge in [0.05, 0.1) is 11.0 Å². The lowest BCUT2D eigenvalue weighted by molar-refractivity contribution is 0.195. The standard InChI is InChI=1S/C29H27F2N3O2/c1-2-33-12-10-20(11-13-33)34-27-9-6-18(15-26(27)32-29(34)35)14-23-21-4-3-5-25(31)24(21)17-36-28-16-19(30)7-8-22(23)28/h3-9,14-16,20H,2,10-13,17H2,1H3,(H,32,35). The van der Waals surface area contributed by atoms with Crippen LogP contribution in [0, 0.1) is 11.6 Å². The Morgan fingerprint density at radius 2 is 1.89 bits per heavy atom. The number of aromatic nitrogens is 2. The van der Waals surface area contributed by atoms with Gasteiger partial charge in [0.2, 0.25) is 0 Å². The molecular weight excluding hydrogens is 460 g/mol. The fourth-order valence-corrected chi connectivity index (χ4v) is 5.51. The number of nitrogens with one attached hydrogen (secondary N) is 1. The fraction of sp³-hybridized carbons (Fsp3) is 0.276. The number of hydrogen-bond donors (Lipinski definition) is 1. The summed E-state index contributed by atoms with van der Waals surface area (Å²) < 4.78 is 36.4. The van der Waals surface area contributed by atoms with Gasteiger partial charge in [0.1, 0.15) is 24.0 Å². The van der Waals surface area contributed by atoms with E-state index in [2.05, 4.69) is 16.8 Å². The number of ether oxygens (including phenoxy) is 1. The molecule has 0 bridgehead atoms. The molecule has 0 saturated carbocycles. The maximum absolute atomic E-state index is 14.7. The van der Waals surface area contributed by atoms with E-state index in [-0.39, 0.29) is 24.2 Å². The van der Waals surface area contributed by atoms with Crippen LogP contribution in [0.5, 0.6) is 5.75 Å². The highest BCUT2D eigenvalue weighted by molar-refractivity contribution is 5.95. The van der Waals surface area contributed by atoms with Crippen LogP contribution in [-0.4, -0.2) is 34.1 Å². The molecule has 184 valence electrons. The molecule has 0 radical (unpaired) electrons. The molecule has 1 saturated heterocycles. The molecule has 0 spiro atoms. The van der Waals surface area contributed by atoms with Gasteiger partial charge >= 0.3 is 5.69 Å². The molecule has 1 N–H and O–H groups in total. The Balaban J connectivity index is 1.45. The lowest BCUT2D eigenvalue weighted by Crippen LogP contribution is -2.36. The topological polar surface area (TPSA) is 50.3 Å². The third-order valence-electron chi connectivity index (χ3n) is 7.44. The van der Waals surface area contributed by atoms with Gasteiger partial charge in [-0.15, -0.1) is 0 Å². The van der Waals surface area contributed by atoms with Gasteiger partial charge in [-0.2, -0.15) is 0 Å². The normalized spacial score (nSPS) is 17.6. The summed E-state index contributed by atoms with van der Waals surface area (Å²) in [4.78, 5) is 18.3. The molecule has 36 heavy (non-hydrogen) atoms. The molecule has 7 heteroatoms. The number of aromatic amines is 1. The highest BCUT2D eigenvalue weighted by Gasteiger charge is 2.24. The Hall–Kier alpha value is -3.71. The molecule has 1 fully saturated rings. The van der Waals surface area contributed by atoms with E-state index in [1.54, 1.807) is 12.1 Å². The van der Waals surface area contributed by atoms with Gasteiger partial charge in [0.15, 0.2) is 0 Å². The van der Waals surface area contributed by atoms with Crippen LogP contribution in [0.3, 0.4) is 0 Å². The summed E-state index contributed by atoms with van der Waals surface area (Å²) in [7, 11) is 0. The number of benzene rings is 3. The van der Waals surface area contributed by atoms with Gasteiger partial charge in [-0.3, -0.25) is 4.57 Å². The zero-order valence-corrected chi connectivity index (χ0v) is 20.1. The number of halogens is 2. The predicted octanol–water partition coefficient (Wildman–Crippen LogP) is 5.75. The minimum absolute atomic E-state index is 0.0157. The van der Waals surface area contributed by atoms with Crippen molar-refractivity contribution >= 4 is 22.7 Å². The Morgan fingerprint density at radius 3 is 2.69 bits per heavy atom. The Morgan fingerprint density at radius 1 is 1.06 bits per heavy atom. The largest absolute Gasteiger partial charge is 0.488 e. The number of piperidine rings is 1. The fourth-order valence-electron chi connectivity index (χ4n) is 5.51. The molecule has 0 aliphatic carbocycles. The van der Waals surface area contributed by atoms with E-state index in [1.807, 2.05) is 34.9 Å². The van der Waals surface area contributed by atoms with Crippen LogP contribution in [-0.2, 0) is 6.61 Å². The first-order valence-electron chi connectivity index (χ1n) is 12.4. The highest BCUT2D eigenvalue weighted by Crippen LogP contribution is 2.39. The first kappa shape index (κ1) is 22.7. The van der Waals surface area contributed by atoms with E-state index in [9.17, 15) is 13.6 Å². The average molecular weight is 488 g/mol. The number of nitrogens with zero attached hydrogens (tertiary/aromatic N) is 2. The van der Waals surface area contributed by atoms with Crippen LogP contribution >= 0.6 is 0 Å². The van der Waals surface area contributed by atoms with Crippen molar-refractivity contribution in [1.82, 2.24) is 14.5 Å². The molecule has 6 rings (SSSR count). The Labute approximate surface area is 207 Å². The zero-order chi connectivity index (χ0) is 24.8. The number of hydrogen-bond acceptors (Lipinski definition) is 3. The molecule has 2 aliphatic heterocycles. The van der Waals surface area contributed by atoms with Crippen LogP contribution < -0.4 is 10.4 Å². The third-order valence-corrected chi connectivity index (χ3v) is 7.44. The summed E-state index contributed by atoms with van der Waals surface area (Å²) >= 11 is 0. The Bertz CT molecular complexity index is 1540. The van der Waals surface area contributed by atoms with Crippen LogP contribution in [0.15, 0.2) is 59.4 Å². The second-order valence-electron chi connectivity index (χ2n) is 9.50. The smallest absolute Gasteiger partial charge is 0.326 e. The average Bonchev–Trinajstić information content (AvgIpc) is 3.13. The molecule has 2 aliphatic rings. The van der Waals surface area contributed by atoms with Crippen molar-refractivity contribution in [1.29, 1.82) is 0 Å². The van der Waals surface area contributed by atoms with Gasteiger partial charge in [0, 0.05) is 36.3 Å². The first-order chi connectivity index (χ1) is 17.5. The van der Waals surface area contributed by atoms with Gasteiger partial charge in [-0.25, -0.2) is 13.6 Å². The number of imidazole rings is 1. The minimum Gasteiger partial charge on any atom is -0.488 e. The maximum Gasteiger partial charge on any atom is 0.326 e. The van der Waals surface area contributed by atoms with Crippen molar-refractivity contribution < 1.29 is 13.5 Å². The number of likely N-dealkylation sites (tertiary alicyclic amines) is 1. The van der Waals surface area contributed by atoms with Crippen LogP contribution in [0.4, 0.5) is 8.78 Å². The summed E-state index contributed by atoms with van der Waals surface area (Å²) in [5, 5.41) is 0. The van der Waals surface area contributed by atoms with E-state index in [1.165, 1.54) is 18.2 Å². The van der Waals surface area contributed by atoms with Gasteiger partial charge in [0.25, 0.3) is 0 Å². The summed E-state index contributed by atoms with van der Waals surface area (Å²) in [6.07, 6.45) is 3.84. The van der Waals surface area contributed by atoms with Crippen molar-refractivity contribution in [2.75, 3.05) is 19.6 Å². The molecule has 1 aromatic heterocycles. The Kier molecular flexibility index (Phi) is 5.72. The van der Waals surface area contributed by atoms with Gasteiger partial charge < -0.3 is 14.6 Å². The van der Waals surface area contributed by atoms with Crippen LogP contribution in [0.25, 0.3) is 22.7 Å². The minimum atomic E-state index is -0.412. The zero-order valence-electron chi connectivity index (χ0n) is 20.1. The monoisotopic (exact) mass is 487 g/mol. The summed E-state index contributed by atoms with van der Waals surface area (Å²) in [6, 6.07) is 15.3. The molecule has 3 aromatic carbocycles. The van der Waals surface area contributed by atoms with E-state index in [0.29, 0.717) is 22.4 Å². The number of rotatable bonds is 3. The van der Waals surface area contributed by atoms with Gasteiger partial charge in [-0.05, 0) is 72.5 Å².